The highest BCUT2D eigenvalue weighted by Crippen LogP contribution is 2.20. The maximum atomic E-state index is 11.9. The zero-order valence-electron chi connectivity index (χ0n) is 13.1. The van der Waals surface area contributed by atoms with Gasteiger partial charge in [0, 0.05) is 22.9 Å². The number of hydrogen-bond donors (Lipinski definition) is 0. The van der Waals surface area contributed by atoms with E-state index in [1.54, 1.807) is 18.4 Å². The molecule has 0 unspecified atom stereocenters. The lowest BCUT2D eigenvalue weighted by Gasteiger charge is -2.08. The second kappa shape index (κ2) is 7.74. The van der Waals surface area contributed by atoms with Crippen LogP contribution < -0.4 is 4.74 Å². The number of benzene rings is 1. The van der Waals surface area contributed by atoms with Gasteiger partial charge in [0.2, 0.25) is 11.7 Å². The Bertz CT molecular complexity index is 799. The maximum absolute atomic E-state index is 11.9. The predicted molar refractivity (Wildman–Crippen MR) is 88.7 cm³/mol. The SMILES string of the molecule is COc1ccccc1COC(=O)CCc1nc(-c2ccsc2)no1. The van der Waals surface area contributed by atoms with Gasteiger partial charge in [0.05, 0.1) is 13.5 Å². The van der Waals surface area contributed by atoms with Gasteiger partial charge >= 0.3 is 5.97 Å². The van der Waals surface area contributed by atoms with Gasteiger partial charge in [-0.25, -0.2) is 0 Å². The molecule has 0 fully saturated rings. The number of nitrogens with zero attached hydrogens (tertiary/aromatic N) is 2. The zero-order valence-corrected chi connectivity index (χ0v) is 13.9. The molecule has 2 aromatic heterocycles. The van der Waals surface area contributed by atoms with Gasteiger partial charge < -0.3 is 14.0 Å². The standard InChI is InChI=1S/C17H16N2O4S/c1-21-14-5-3-2-4-12(14)10-22-16(20)7-6-15-18-17(19-23-15)13-8-9-24-11-13/h2-5,8-9,11H,6-7,10H2,1H3. The molecule has 124 valence electrons. The number of carbonyl (C=O) groups is 1. The first-order valence-corrected chi connectivity index (χ1v) is 8.33. The van der Waals surface area contributed by atoms with Gasteiger partial charge in [-0.2, -0.15) is 16.3 Å². The van der Waals surface area contributed by atoms with Gasteiger partial charge in [0.1, 0.15) is 12.4 Å². The highest BCUT2D eigenvalue weighted by molar-refractivity contribution is 7.08. The van der Waals surface area contributed by atoms with Gasteiger partial charge in [-0.1, -0.05) is 23.4 Å². The van der Waals surface area contributed by atoms with Crippen molar-refractivity contribution in [3.05, 3.63) is 52.5 Å². The van der Waals surface area contributed by atoms with Crippen LogP contribution in [0.25, 0.3) is 11.4 Å². The Hall–Kier alpha value is -2.67. The van der Waals surface area contributed by atoms with Crippen molar-refractivity contribution in [2.75, 3.05) is 7.11 Å². The molecule has 3 rings (SSSR count). The van der Waals surface area contributed by atoms with E-state index < -0.39 is 0 Å². The van der Waals surface area contributed by atoms with E-state index in [0.29, 0.717) is 23.9 Å². The molecule has 24 heavy (non-hydrogen) atoms. The molecule has 0 aliphatic rings. The summed E-state index contributed by atoms with van der Waals surface area (Å²) >= 11 is 1.56. The van der Waals surface area contributed by atoms with Crippen LogP contribution in [0.2, 0.25) is 0 Å². The molecule has 7 heteroatoms. The number of thiophene rings is 1. The Balaban J connectivity index is 1.49. The molecular formula is C17H16N2O4S. The van der Waals surface area contributed by atoms with Gasteiger partial charge in [-0.05, 0) is 17.5 Å². The van der Waals surface area contributed by atoms with Crippen molar-refractivity contribution in [2.45, 2.75) is 19.4 Å². The smallest absolute Gasteiger partial charge is 0.306 e. The molecule has 0 N–H and O–H groups in total. The van der Waals surface area contributed by atoms with Crippen LogP contribution in [0, 0.1) is 0 Å². The van der Waals surface area contributed by atoms with E-state index in [1.165, 1.54) is 0 Å². The van der Waals surface area contributed by atoms with E-state index in [9.17, 15) is 4.79 Å². The van der Waals surface area contributed by atoms with Crippen LogP contribution in [0.3, 0.4) is 0 Å². The minimum absolute atomic E-state index is 0.173. The number of para-hydroxylation sites is 1. The van der Waals surface area contributed by atoms with Crippen LogP contribution in [0.4, 0.5) is 0 Å². The summed E-state index contributed by atoms with van der Waals surface area (Å²) < 4.78 is 15.6. The summed E-state index contributed by atoms with van der Waals surface area (Å²) in [5, 5.41) is 7.79. The van der Waals surface area contributed by atoms with E-state index in [1.807, 2.05) is 41.1 Å². The summed E-state index contributed by atoms with van der Waals surface area (Å²) in [6, 6.07) is 9.34. The summed E-state index contributed by atoms with van der Waals surface area (Å²) in [5.41, 5.74) is 1.74. The van der Waals surface area contributed by atoms with Crippen LogP contribution in [0.5, 0.6) is 5.75 Å². The predicted octanol–water partition coefficient (Wildman–Crippen LogP) is 3.48. The third kappa shape index (κ3) is 3.99. The fraction of sp³-hybridized carbons (Fsp3) is 0.235. The maximum Gasteiger partial charge on any atom is 0.306 e. The summed E-state index contributed by atoms with van der Waals surface area (Å²) in [7, 11) is 1.58. The molecule has 0 bridgehead atoms. The molecule has 0 aliphatic carbocycles. The van der Waals surface area contributed by atoms with Crippen LogP contribution >= 0.6 is 11.3 Å². The van der Waals surface area contributed by atoms with Crippen molar-refractivity contribution < 1.29 is 18.8 Å². The van der Waals surface area contributed by atoms with Crippen molar-refractivity contribution in [1.82, 2.24) is 10.1 Å². The Kier molecular flexibility index (Phi) is 5.22. The first kappa shape index (κ1) is 16.2. The molecule has 0 amide bonds. The fourth-order valence-electron chi connectivity index (χ4n) is 2.13. The number of rotatable bonds is 7. The van der Waals surface area contributed by atoms with Gasteiger partial charge in [-0.3, -0.25) is 4.79 Å². The average Bonchev–Trinajstić information content (AvgIpc) is 3.29. The van der Waals surface area contributed by atoms with Gasteiger partial charge in [-0.15, -0.1) is 0 Å². The Morgan fingerprint density at radius 3 is 2.96 bits per heavy atom. The monoisotopic (exact) mass is 344 g/mol. The lowest BCUT2D eigenvalue weighted by molar-refractivity contribution is -0.145. The number of hydrogen-bond acceptors (Lipinski definition) is 7. The Morgan fingerprint density at radius 2 is 2.17 bits per heavy atom. The van der Waals surface area contributed by atoms with E-state index in [0.717, 1.165) is 11.1 Å². The zero-order chi connectivity index (χ0) is 16.8. The van der Waals surface area contributed by atoms with E-state index in [-0.39, 0.29) is 19.0 Å². The van der Waals surface area contributed by atoms with E-state index in [2.05, 4.69) is 10.1 Å². The number of methoxy groups -OCH3 is 1. The normalized spacial score (nSPS) is 10.5. The lowest BCUT2D eigenvalue weighted by Crippen LogP contribution is -2.06. The second-order valence-electron chi connectivity index (χ2n) is 5.00. The number of aryl methyl sites for hydroxylation is 1. The average molecular weight is 344 g/mol. The van der Waals surface area contributed by atoms with Crippen molar-refractivity contribution in [3.8, 4) is 17.1 Å². The molecule has 0 atom stereocenters. The molecule has 1 aromatic carbocycles. The topological polar surface area (TPSA) is 74.5 Å². The second-order valence-corrected chi connectivity index (χ2v) is 5.78. The highest BCUT2D eigenvalue weighted by Gasteiger charge is 2.12. The largest absolute Gasteiger partial charge is 0.496 e. The minimum atomic E-state index is -0.323. The molecule has 2 heterocycles. The van der Waals surface area contributed by atoms with Crippen LogP contribution in [0.1, 0.15) is 17.9 Å². The molecule has 0 saturated carbocycles. The highest BCUT2D eigenvalue weighted by atomic mass is 32.1. The van der Waals surface area contributed by atoms with Crippen LogP contribution in [-0.2, 0) is 22.6 Å². The molecule has 0 spiro atoms. The molecule has 0 radical (unpaired) electrons. The summed E-state index contributed by atoms with van der Waals surface area (Å²) in [4.78, 5) is 16.1. The number of aromatic nitrogens is 2. The van der Waals surface area contributed by atoms with Crippen LogP contribution in [-0.4, -0.2) is 23.2 Å². The molecule has 3 aromatic rings. The third-order valence-corrected chi connectivity index (χ3v) is 4.05. The molecular weight excluding hydrogens is 328 g/mol. The van der Waals surface area contributed by atoms with E-state index >= 15 is 0 Å². The first-order chi connectivity index (χ1) is 11.8. The molecule has 0 saturated heterocycles. The van der Waals surface area contributed by atoms with Crippen LogP contribution in [0.15, 0.2) is 45.6 Å². The number of esters is 1. The quantitative estimate of drug-likeness (QED) is 0.611. The molecule has 6 nitrogen and oxygen atoms in total. The lowest BCUT2D eigenvalue weighted by atomic mass is 10.2. The number of ether oxygens (including phenoxy) is 2. The van der Waals surface area contributed by atoms with Crippen molar-refractivity contribution in [1.29, 1.82) is 0 Å². The Morgan fingerprint density at radius 1 is 1.29 bits per heavy atom. The van der Waals surface area contributed by atoms with E-state index in [4.69, 9.17) is 14.0 Å². The third-order valence-electron chi connectivity index (χ3n) is 3.37. The summed E-state index contributed by atoms with van der Waals surface area (Å²) in [6.45, 7) is 0.173. The van der Waals surface area contributed by atoms with Crippen molar-refractivity contribution >= 4 is 17.3 Å². The first-order valence-electron chi connectivity index (χ1n) is 7.39. The Labute approximate surface area is 143 Å². The van der Waals surface area contributed by atoms with Gasteiger partial charge in [0.15, 0.2) is 0 Å². The fourth-order valence-corrected chi connectivity index (χ4v) is 2.76. The van der Waals surface area contributed by atoms with Crippen molar-refractivity contribution in [2.24, 2.45) is 0 Å². The summed E-state index contributed by atoms with van der Waals surface area (Å²) in [5.74, 6) is 1.33. The number of carbonyl (C=O) groups excluding carboxylic acids is 1. The molecule has 0 aliphatic heterocycles. The van der Waals surface area contributed by atoms with Crippen molar-refractivity contribution in [3.63, 3.8) is 0 Å². The van der Waals surface area contributed by atoms with Gasteiger partial charge in [0.25, 0.3) is 0 Å². The summed E-state index contributed by atoms with van der Waals surface area (Å²) in [6.07, 6.45) is 0.530. The minimum Gasteiger partial charge on any atom is -0.496 e.